The van der Waals surface area contributed by atoms with E-state index >= 15 is 0 Å². The fourth-order valence-corrected chi connectivity index (χ4v) is 4.15. The maximum Gasteiger partial charge on any atom is 0.273 e. The van der Waals surface area contributed by atoms with Gasteiger partial charge in [0.05, 0.1) is 10.2 Å². The number of thiazole rings is 1. The highest BCUT2D eigenvalue weighted by molar-refractivity contribution is 7.22. The van der Waals surface area contributed by atoms with E-state index in [0.29, 0.717) is 23.2 Å². The van der Waals surface area contributed by atoms with E-state index in [0.717, 1.165) is 16.8 Å². The van der Waals surface area contributed by atoms with Gasteiger partial charge in [-0.2, -0.15) is 0 Å². The maximum absolute atomic E-state index is 13.3. The molecule has 0 fully saturated rings. The third-order valence-electron chi connectivity index (χ3n) is 4.58. The predicted octanol–water partition coefficient (Wildman–Crippen LogP) is 3.34. The second-order valence-corrected chi connectivity index (χ2v) is 8.13. The third kappa shape index (κ3) is 3.81. The number of carbonyl (C=O) groups excluding carboxylic acids is 1. The highest BCUT2D eigenvalue weighted by atomic mass is 32.1. The summed E-state index contributed by atoms with van der Waals surface area (Å²) < 4.78 is 12.8. The average molecular weight is 398 g/mol. The molecule has 1 aliphatic rings. The Morgan fingerprint density at radius 2 is 1.96 bits per heavy atom. The first-order valence-electron chi connectivity index (χ1n) is 9.23. The zero-order chi connectivity index (χ0) is 19.7. The van der Waals surface area contributed by atoms with Crippen molar-refractivity contribution in [3.05, 3.63) is 48.0 Å². The second kappa shape index (κ2) is 7.77. The molecule has 0 aliphatic carbocycles. The van der Waals surface area contributed by atoms with Crippen molar-refractivity contribution in [1.29, 1.82) is 0 Å². The smallest absolute Gasteiger partial charge is 0.273 e. The Bertz CT molecular complexity index is 1000. The molecule has 0 unspecified atom stereocenters. The summed E-state index contributed by atoms with van der Waals surface area (Å²) in [4.78, 5) is 21.8. The monoisotopic (exact) mass is 397 g/mol. The van der Waals surface area contributed by atoms with Crippen molar-refractivity contribution in [1.82, 2.24) is 9.88 Å². The SMILES string of the molecule is Cc1ccc2nc(N(CCN(C)C)C(=O)[C@H]3COc4ccccc4O3)sc2c1. The average Bonchev–Trinajstić information content (AvgIpc) is 3.10. The van der Waals surface area contributed by atoms with E-state index in [2.05, 4.69) is 13.0 Å². The lowest BCUT2D eigenvalue weighted by atomic mass is 10.2. The molecule has 28 heavy (non-hydrogen) atoms. The van der Waals surface area contributed by atoms with E-state index in [1.54, 1.807) is 4.90 Å². The quantitative estimate of drug-likeness (QED) is 0.661. The molecule has 0 bridgehead atoms. The molecule has 0 spiro atoms. The summed E-state index contributed by atoms with van der Waals surface area (Å²) in [5.74, 6) is 1.13. The summed E-state index contributed by atoms with van der Waals surface area (Å²) in [5.41, 5.74) is 2.08. The summed E-state index contributed by atoms with van der Waals surface area (Å²) in [5, 5.41) is 0.690. The van der Waals surface area contributed by atoms with Gasteiger partial charge in [-0.15, -0.1) is 0 Å². The van der Waals surface area contributed by atoms with Crippen LogP contribution in [-0.4, -0.2) is 55.7 Å². The molecular formula is C21H23N3O3S. The number of likely N-dealkylation sites (N-methyl/N-ethyl adjacent to an activating group) is 1. The molecule has 146 valence electrons. The number of rotatable bonds is 5. The van der Waals surface area contributed by atoms with Crippen LogP contribution in [0.5, 0.6) is 11.5 Å². The van der Waals surface area contributed by atoms with Crippen LogP contribution in [0, 0.1) is 6.92 Å². The van der Waals surface area contributed by atoms with Crippen LogP contribution in [0.25, 0.3) is 10.2 Å². The first-order valence-corrected chi connectivity index (χ1v) is 10.0. The van der Waals surface area contributed by atoms with Crippen molar-refractivity contribution in [3.63, 3.8) is 0 Å². The highest BCUT2D eigenvalue weighted by Gasteiger charge is 2.33. The van der Waals surface area contributed by atoms with E-state index in [4.69, 9.17) is 14.5 Å². The van der Waals surface area contributed by atoms with E-state index in [9.17, 15) is 4.79 Å². The van der Waals surface area contributed by atoms with Gasteiger partial charge in [0.2, 0.25) is 6.10 Å². The van der Waals surface area contributed by atoms with Crippen LogP contribution in [0.1, 0.15) is 5.56 Å². The fourth-order valence-electron chi connectivity index (χ4n) is 3.05. The second-order valence-electron chi connectivity index (χ2n) is 7.13. The molecule has 4 rings (SSSR count). The van der Waals surface area contributed by atoms with Gasteiger partial charge in [0, 0.05) is 13.1 Å². The van der Waals surface area contributed by atoms with Crippen LogP contribution in [0.2, 0.25) is 0 Å². The molecule has 0 N–H and O–H groups in total. The molecule has 0 saturated heterocycles. The molecule has 1 atom stereocenters. The molecule has 2 heterocycles. The van der Waals surface area contributed by atoms with Crippen molar-refractivity contribution >= 4 is 32.6 Å². The number of nitrogens with zero attached hydrogens (tertiary/aromatic N) is 3. The number of hydrogen-bond donors (Lipinski definition) is 0. The van der Waals surface area contributed by atoms with Gasteiger partial charge in [0.15, 0.2) is 16.6 Å². The topological polar surface area (TPSA) is 54.9 Å². The Kier molecular flexibility index (Phi) is 5.19. The summed E-state index contributed by atoms with van der Waals surface area (Å²) in [7, 11) is 3.97. The number of carbonyl (C=O) groups is 1. The van der Waals surface area contributed by atoms with Crippen LogP contribution in [0.4, 0.5) is 5.13 Å². The van der Waals surface area contributed by atoms with Gasteiger partial charge < -0.3 is 14.4 Å². The Labute approximate surface area is 168 Å². The first kappa shape index (κ1) is 18.7. The van der Waals surface area contributed by atoms with Gasteiger partial charge in [0.25, 0.3) is 5.91 Å². The lowest BCUT2D eigenvalue weighted by molar-refractivity contribution is -0.127. The Hall–Kier alpha value is -2.64. The standard InChI is InChI=1S/C21H23N3O3S/c1-14-8-9-15-19(12-14)28-21(22-15)24(11-10-23(2)3)20(25)18-13-26-16-6-4-5-7-17(16)27-18/h4-9,12,18H,10-11,13H2,1-3H3/t18-/m1/s1. The first-order chi connectivity index (χ1) is 13.5. The lowest BCUT2D eigenvalue weighted by Gasteiger charge is -2.30. The van der Waals surface area contributed by atoms with Gasteiger partial charge in [-0.3, -0.25) is 9.69 Å². The molecule has 2 aromatic carbocycles. The fraction of sp³-hybridized carbons (Fsp3) is 0.333. The zero-order valence-electron chi connectivity index (χ0n) is 16.2. The lowest BCUT2D eigenvalue weighted by Crippen LogP contribution is -2.48. The van der Waals surface area contributed by atoms with Crippen LogP contribution < -0.4 is 14.4 Å². The summed E-state index contributed by atoms with van der Waals surface area (Å²) >= 11 is 1.53. The van der Waals surface area contributed by atoms with Gasteiger partial charge in [-0.25, -0.2) is 4.98 Å². The molecule has 0 saturated carbocycles. The molecule has 1 aromatic heterocycles. The van der Waals surface area contributed by atoms with Gasteiger partial charge in [0.1, 0.15) is 6.61 Å². The van der Waals surface area contributed by atoms with Crippen LogP contribution in [0.3, 0.4) is 0 Å². The molecule has 3 aromatic rings. The normalized spacial score (nSPS) is 15.8. The number of amides is 1. The van der Waals surface area contributed by atoms with Crippen molar-refractivity contribution in [2.45, 2.75) is 13.0 Å². The number of benzene rings is 2. The number of hydrogen-bond acceptors (Lipinski definition) is 6. The minimum Gasteiger partial charge on any atom is -0.485 e. The maximum atomic E-state index is 13.3. The van der Waals surface area contributed by atoms with Crippen molar-refractivity contribution in [2.24, 2.45) is 0 Å². The minimum absolute atomic E-state index is 0.132. The number of anilines is 1. The van der Waals surface area contributed by atoms with Crippen molar-refractivity contribution in [2.75, 3.05) is 38.7 Å². The van der Waals surface area contributed by atoms with E-state index in [1.165, 1.54) is 16.9 Å². The van der Waals surface area contributed by atoms with Gasteiger partial charge >= 0.3 is 0 Å². The van der Waals surface area contributed by atoms with Gasteiger partial charge in [-0.05, 0) is 50.8 Å². The molecular weight excluding hydrogens is 374 g/mol. The Morgan fingerprint density at radius 3 is 2.75 bits per heavy atom. The van der Waals surface area contributed by atoms with Crippen LogP contribution >= 0.6 is 11.3 Å². The minimum atomic E-state index is -0.689. The van der Waals surface area contributed by atoms with Crippen molar-refractivity contribution in [3.8, 4) is 11.5 Å². The highest BCUT2D eigenvalue weighted by Crippen LogP contribution is 2.33. The molecule has 6 nitrogen and oxygen atoms in total. The summed E-state index contributed by atoms with van der Waals surface area (Å²) in [6.07, 6.45) is -0.689. The summed E-state index contributed by atoms with van der Waals surface area (Å²) in [6, 6.07) is 13.5. The molecule has 1 aliphatic heterocycles. The number of para-hydroxylation sites is 2. The molecule has 7 heteroatoms. The zero-order valence-corrected chi connectivity index (χ0v) is 17.0. The Balaban J connectivity index is 1.62. The van der Waals surface area contributed by atoms with E-state index in [1.807, 2.05) is 55.4 Å². The Morgan fingerprint density at radius 1 is 1.18 bits per heavy atom. The number of fused-ring (bicyclic) bond motifs is 2. The number of ether oxygens (including phenoxy) is 2. The number of aryl methyl sites for hydroxylation is 1. The third-order valence-corrected chi connectivity index (χ3v) is 5.63. The number of aromatic nitrogens is 1. The molecule has 0 radical (unpaired) electrons. The largest absolute Gasteiger partial charge is 0.485 e. The molecule has 1 amide bonds. The van der Waals surface area contributed by atoms with E-state index < -0.39 is 6.10 Å². The van der Waals surface area contributed by atoms with Gasteiger partial charge in [-0.1, -0.05) is 29.5 Å². The summed E-state index contributed by atoms with van der Waals surface area (Å²) in [6.45, 7) is 3.51. The van der Waals surface area contributed by atoms with Crippen LogP contribution in [0.15, 0.2) is 42.5 Å². The van der Waals surface area contributed by atoms with Crippen molar-refractivity contribution < 1.29 is 14.3 Å². The predicted molar refractivity (Wildman–Crippen MR) is 112 cm³/mol. The van der Waals surface area contributed by atoms with Crippen LogP contribution in [-0.2, 0) is 4.79 Å². The van der Waals surface area contributed by atoms with E-state index in [-0.39, 0.29) is 12.5 Å².